The van der Waals surface area contributed by atoms with E-state index < -0.39 is 5.54 Å². The first kappa shape index (κ1) is 14.9. The lowest BCUT2D eigenvalue weighted by molar-refractivity contribution is -0.123. The molecular formula is C14H19N3O2S. The SMILES string of the molecule is CC(C)(N)CNC(=O)CN1C(=O)CSc2ccccc21. The minimum absolute atomic E-state index is 0.0342. The molecule has 2 amide bonds. The van der Waals surface area contributed by atoms with Gasteiger partial charge in [-0.15, -0.1) is 11.8 Å². The summed E-state index contributed by atoms with van der Waals surface area (Å²) in [4.78, 5) is 26.5. The number of hydrogen-bond acceptors (Lipinski definition) is 4. The number of para-hydroxylation sites is 1. The van der Waals surface area contributed by atoms with Gasteiger partial charge in [0.15, 0.2) is 0 Å². The van der Waals surface area contributed by atoms with Crippen molar-refractivity contribution in [1.29, 1.82) is 0 Å². The number of nitrogens with zero attached hydrogens (tertiary/aromatic N) is 1. The molecule has 0 saturated heterocycles. The highest BCUT2D eigenvalue weighted by Crippen LogP contribution is 2.34. The Balaban J connectivity index is 2.05. The van der Waals surface area contributed by atoms with Gasteiger partial charge >= 0.3 is 0 Å². The van der Waals surface area contributed by atoms with E-state index in [0.717, 1.165) is 10.6 Å². The number of thioether (sulfide) groups is 1. The zero-order valence-electron chi connectivity index (χ0n) is 11.7. The second-order valence-corrected chi connectivity index (χ2v) is 6.52. The normalized spacial score (nSPS) is 14.9. The van der Waals surface area contributed by atoms with Crippen LogP contribution in [-0.4, -0.2) is 36.2 Å². The van der Waals surface area contributed by atoms with Crippen molar-refractivity contribution in [2.45, 2.75) is 24.3 Å². The number of rotatable bonds is 4. The van der Waals surface area contributed by atoms with E-state index in [0.29, 0.717) is 12.3 Å². The summed E-state index contributed by atoms with van der Waals surface area (Å²) < 4.78 is 0. The topological polar surface area (TPSA) is 75.4 Å². The Morgan fingerprint density at radius 3 is 2.85 bits per heavy atom. The van der Waals surface area contributed by atoms with E-state index in [-0.39, 0.29) is 18.4 Å². The summed E-state index contributed by atoms with van der Waals surface area (Å²) in [6.45, 7) is 4.09. The molecule has 3 N–H and O–H groups in total. The zero-order chi connectivity index (χ0) is 14.8. The van der Waals surface area contributed by atoms with Gasteiger partial charge in [-0.05, 0) is 26.0 Å². The molecule has 0 aliphatic carbocycles. The maximum absolute atomic E-state index is 12.0. The van der Waals surface area contributed by atoms with Crippen LogP contribution >= 0.6 is 11.8 Å². The van der Waals surface area contributed by atoms with E-state index in [1.807, 2.05) is 38.1 Å². The van der Waals surface area contributed by atoms with Gasteiger partial charge in [0.05, 0.1) is 11.4 Å². The summed E-state index contributed by atoms with van der Waals surface area (Å²) in [6.07, 6.45) is 0. The van der Waals surface area contributed by atoms with Crippen LogP contribution in [0, 0.1) is 0 Å². The van der Waals surface area contributed by atoms with Crippen LogP contribution in [0.15, 0.2) is 29.2 Å². The van der Waals surface area contributed by atoms with Crippen molar-refractivity contribution in [3.63, 3.8) is 0 Å². The summed E-state index contributed by atoms with van der Waals surface area (Å²) >= 11 is 1.50. The third kappa shape index (κ3) is 3.74. The third-order valence-corrected chi connectivity index (χ3v) is 3.90. The van der Waals surface area contributed by atoms with Crippen LogP contribution in [0.25, 0.3) is 0 Å². The van der Waals surface area contributed by atoms with Crippen LogP contribution in [0.4, 0.5) is 5.69 Å². The second kappa shape index (κ2) is 5.85. The predicted octanol–water partition coefficient (Wildman–Crippen LogP) is 0.979. The summed E-state index contributed by atoms with van der Waals surface area (Å²) in [6, 6.07) is 7.61. The van der Waals surface area contributed by atoms with E-state index >= 15 is 0 Å². The van der Waals surface area contributed by atoms with Gasteiger partial charge in [-0.25, -0.2) is 0 Å². The Morgan fingerprint density at radius 1 is 1.45 bits per heavy atom. The Hall–Kier alpha value is -1.53. The molecule has 0 spiro atoms. The largest absolute Gasteiger partial charge is 0.353 e. The maximum Gasteiger partial charge on any atom is 0.240 e. The molecule has 1 aromatic carbocycles. The Kier molecular flexibility index (Phi) is 4.35. The second-order valence-electron chi connectivity index (χ2n) is 5.50. The summed E-state index contributed by atoms with van der Waals surface area (Å²) in [5.41, 5.74) is 6.16. The molecule has 108 valence electrons. The van der Waals surface area contributed by atoms with Crippen molar-refractivity contribution in [1.82, 2.24) is 5.32 Å². The van der Waals surface area contributed by atoms with Crippen LogP contribution in [0.5, 0.6) is 0 Å². The number of benzene rings is 1. The Bertz CT molecular complexity index is 525. The molecule has 0 atom stereocenters. The van der Waals surface area contributed by atoms with Gasteiger partial charge in [0.1, 0.15) is 6.54 Å². The van der Waals surface area contributed by atoms with Crippen LogP contribution in [0.1, 0.15) is 13.8 Å². The molecule has 0 radical (unpaired) electrons. The molecule has 0 fully saturated rings. The van der Waals surface area contributed by atoms with Gasteiger partial charge in [0.2, 0.25) is 11.8 Å². The minimum atomic E-state index is -0.463. The number of nitrogens with one attached hydrogen (secondary N) is 1. The highest BCUT2D eigenvalue weighted by Gasteiger charge is 2.26. The molecule has 0 unspecified atom stereocenters. The standard InChI is InChI=1S/C14H19N3O2S/c1-14(2,15)9-16-12(18)7-17-10-5-3-4-6-11(10)20-8-13(17)19/h3-6H,7-9,15H2,1-2H3,(H,16,18). The fourth-order valence-corrected chi connectivity index (χ4v) is 2.79. The lowest BCUT2D eigenvalue weighted by Crippen LogP contribution is -2.49. The van der Waals surface area contributed by atoms with E-state index in [1.54, 1.807) is 0 Å². The number of anilines is 1. The van der Waals surface area contributed by atoms with Crippen molar-refractivity contribution >= 4 is 29.3 Å². The number of hydrogen-bond donors (Lipinski definition) is 2. The first-order valence-electron chi connectivity index (χ1n) is 6.44. The lowest BCUT2D eigenvalue weighted by atomic mass is 10.1. The van der Waals surface area contributed by atoms with E-state index in [4.69, 9.17) is 5.73 Å². The van der Waals surface area contributed by atoms with Crippen molar-refractivity contribution in [2.24, 2.45) is 5.73 Å². The average molecular weight is 293 g/mol. The van der Waals surface area contributed by atoms with Gasteiger partial charge in [-0.3, -0.25) is 9.59 Å². The quantitative estimate of drug-likeness (QED) is 0.867. The monoisotopic (exact) mass is 293 g/mol. The molecule has 5 nitrogen and oxygen atoms in total. The number of carbonyl (C=O) groups is 2. The number of fused-ring (bicyclic) bond motifs is 1. The lowest BCUT2D eigenvalue weighted by Gasteiger charge is -2.28. The van der Waals surface area contributed by atoms with Crippen LogP contribution < -0.4 is 16.0 Å². The van der Waals surface area contributed by atoms with Crippen molar-refractivity contribution in [2.75, 3.05) is 23.7 Å². The summed E-state index contributed by atoms with van der Waals surface area (Å²) in [5, 5.41) is 2.76. The van der Waals surface area contributed by atoms with E-state index in [1.165, 1.54) is 16.7 Å². The fraction of sp³-hybridized carbons (Fsp3) is 0.429. The molecule has 1 aromatic rings. The summed E-state index contributed by atoms with van der Waals surface area (Å²) in [5.74, 6) is 0.126. The molecule has 1 heterocycles. The molecule has 20 heavy (non-hydrogen) atoms. The molecule has 0 bridgehead atoms. The highest BCUT2D eigenvalue weighted by molar-refractivity contribution is 8.00. The summed E-state index contributed by atoms with van der Waals surface area (Å²) in [7, 11) is 0. The Morgan fingerprint density at radius 2 is 2.15 bits per heavy atom. The number of nitrogens with two attached hydrogens (primary N) is 1. The predicted molar refractivity (Wildman–Crippen MR) is 80.8 cm³/mol. The van der Waals surface area contributed by atoms with Gasteiger partial charge < -0.3 is 16.0 Å². The zero-order valence-corrected chi connectivity index (χ0v) is 12.5. The van der Waals surface area contributed by atoms with Crippen molar-refractivity contribution < 1.29 is 9.59 Å². The van der Waals surface area contributed by atoms with Gasteiger partial charge in [0, 0.05) is 17.0 Å². The van der Waals surface area contributed by atoms with Gasteiger partial charge in [-0.2, -0.15) is 0 Å². The minimum Gasteiger partial charge on any atom is -0.353 e. The Labute approximate surface area is 122 Å². The smallest absolute Gasteiger partial charge is 0.240 e. The molecule has 1 aliphatic rings. The van der Waals surface area contributed by atoms with E-state index in [2.05, 4.69) is 5.32 Å². The van der Waals surface area contributed by atoms with Gasteiger partial charge in [0.25, 0.3) is 0 Å². The van der Waals surface area contributed by atoms with Crippen LogP contribution in [-0.2, 0) is 9.59 Å². The molecule has 2 rings (SSSR count). The first-order valence-corrected chi connectivity index (χ1v) is 7.43. The number of amides is 2. The molecule has 6 heteroatoms. The van der Waals surface area contributed by atoms with Crippen LogP contribution in [0.3, 0.4) is 0 Å². The first-order chi connectivity index (χ1) is 9.37. The van der Waals surface area contributed by atoms with Gasteiger partial charge in [-0.1, -0.05) is 12.1 Å². The molecule has 0 saturated carbocycles. The fourth-order valence-electron chi connectivity index (χ4n) is 1.85. The maximum atomic E-state index is 12.0. The van der Waals surface area contributed by atoms with E-state index in [9.17, 15) is 9.59 Å². The molecule has 1 aliphatic heterocycles. The van der Waals surface area contributed by atoms with Crippen molar-refractivity contribution in [3.8, 4) is 0 Å². The molecular weight excluding hydrogens is 274 g/mol. The van der Waals surface area contributed by atoms with Crippen molar-refractivity contribution in [3.05, 3.63) is 24.3 Å². The average Bonchev–Trinajstić information content (AvgIpc) is 2.39. The third-order valence-electron chi connectivity index (χ3n) is 2.85. The highest BCUT2D eigenvalue weighted by atomic mass is 32.2. The molecule has 0 aromatic heterocycles. The van der Waals surface area contributed by atoms with Crippen LogP contribution in [0.2, 0.25) is 0 Å². The number of carbonyl (C=O) groups excluding carboxylic acids is 2.